The Labute approximate surface area is 178 Å². The minimum Gasteiger partial charge on any atom is -0.356 e. The lowest BCUT2D eigenvalue weighted by atomic mass is 10.1. The summed E-state index contributed by atoms with van der Waals surface area (Å²) in [6.07, 6.45) is -0.967. The summed E-state index contributed by atoms with van der Waals surface area (Å²) in [5, 5.41) is 7.23. The van der Waals surface area contributed by atoms with Crippen LogP contribution in [0.2, 0.25) is 0 Å². The normalized spacial score (nSPS) is 15.0. The van der Waals surface area contributed by atoms with E-state index in [4.69, 9.17) is 0 Å². The van der Waals surface area contributed by atoms with Gasteiger partial charge in [-0.25, -0.2) is 4.99 Å². The quantitative estimate of drug-likeness (QED) is 0.458. The molecule has 1 amide bonds. The van der Waals surface area contributed by atoms with E-state index in [0.29, 0.717) is 25.6 Å². The lowest BCUT2D eigenvalue weighted by molar-refractivity contribution is -0.137. The van der Waals surface area contributed by atoms with E-state index in [1.54, 1.807) is 29.0 Å². The summed E-state index contributed by atoms with van der Waals surface area (Å²) in [5.41, 5.74) is 0.289. The average Bonchev–Trinajstić information content (AvgIpc) is 3.16. The Morgan fingerprint density at radius 3 is 2.77 bits per heavy atom. The van der Waals surface area contributed by atoms with Crippen LogP contribution in [-0.4, -0.2) is 59.3 Å². The van der Waals surface area contributed by atoms with Gasteiger partial charge >= 0.3 is 6.18 Å². The van der Waals surface area contributed by atoms with E-state index in [1.807, 2.05) is 11.8 Å². The number of benzene rings is 1. The number of halogens is 3. The molecule has 1 aromatic heterocycles. The number of guanidine groups is 1. The molecule has 1 fully saturated rings. The molecule has 0 unspecified atom stereocenters. The molecule has 0 bridgehead atoms. The molecule has 1 aliphatic rings. The molecule has 2 aromatic rings. The SMILES string of the molecule is CCNC(=NCC#Cc1cccc(C(F)(F)F)c1)N1CCN(c2cnn(C)c2)C(=O)C1. The van der Waals surface area contributed by atoms with E-state index >= 15 is 0 Å². The highest BCUT2D eigenvalue weighted by molar-refractivity contribution is 5.98. The largest absolute Gasteiger partial charge is 0.416 e. The monoisotopic (exact) mass is 432 g/mol. The molecule has 7 nitrogen and oxygen atoms in total. The zero-order chi connectivity index (χ0) is 22.4. The van der Waals surface area contributed by atoms with Gasteiger partial charge in [0.2, 0.25) is 5.91 Å². The summed E-state index contributed by atoms with van der Waals surface area (Å²) in [6.45, 7) is 3.84. The van der Waals surface area contributed by atoms with Crippen LogP contribution in [0.4, 0.5) is 18.9 Å². The first-order valence-electron chi connectivity index (χ1n) is 9.76. The number of nitrogens with one attached hydrogen (secondary N) is 1. The number of anilines is 1. The summed E-state index contributed by atoms with van der Waals surface area (Å²) < 4.78 is 40.0. The van der Waals surface area contributed by atoms with Crippen LogP contribution >= 0.6 is 0 Å². The maximum atomic E-state index is 12.8. The third-order valence-corrected chi connectivity index (χ3v) is 4.59. The maximum absolute atomic E-state index is 12.8. The van der Waals surface area contributed by atoms with Gasteiger partial charge in [0, 0.05) is 38.4 Å². The molecule has 10 heteroatoms. The Kier molecular flexibility index (Phi) is 6.84. The van der Waals surface area contributed by atoms with Crippen molar-refractivity contribution in [2.24, 2.45) is 12.0 Å². The number of carbonyl (C=O) groups is 1. The van der Waals surface area contributed by atoms with Crippen LogP contribution in [0, 0.1) is 11.8 Å². The van der Waals surface area contributed by atoms with E-state index in [9.17, 15) is 18.0 Å². The number of amides is 1. The predicted molar refractivity (Wildman–Crippen MR) is 111 cm³/mol. The van der Waals surface area contributed by atoms with Crippen molar-refractivity contribution in [1.82, 2.24) is 20.0 Å². The molecule has 0 atom stereocenters. The molecule has 0 spiro atoms. The highest BCUT2D eigenvalue weighted by Gasteiger charge is 2.30. The van der Waals surface area contributed by atoms with Gasteiger partial charge in [-0.1, -0.05) is 17.9 Å². The van der Waals surface area contributed by atoms with E-state index in [-0.39, 0.29) is 24.6 Å². The fourth-order valence-corrected chi connectivity index (χ4v) is 3.13. The minimum atomic E-state index is -4.40. The third kappa shape index (κ3) is 5.78. The van der Waals surface area contributed by atoms with Gasteiger partial charge in [0.15, 0.2) is 5.96 Å². The Hall–Kier alpha value is -3.48. The molecule has 0 saturated carbocycles. The molecule has 1 aromatic carbocycles. The molecular weight excluding hydrogens is 409 g/mol. The number of hydrogen-bond acceptors (Lipinski definition) is 3. The van der Waals surface area contributed by atoms with Crippen molar-refractivity contribution in [1.29, 1.82) is 0 Å². The Bertz CT molecular complexity index is 1020. The smallest absolute Gasteiger partial charge is 0.356 e. The number of nitrogens with zero attached hydrogens (tertiary/aromatic N) is 5. The lowest BCUT2D eigenvalue weighted by Gasteiger charge is -2.35. The number of rotatable bonds is 3. The zero-order valence-corrected chi connectivity index (χ0v) is 17.3. The summed E-state index contributed by atoms with van der Waals surface area (Å²) in [6, 6.07) is 4.87. The fourth-order valence-electron chi connectivity index (χ4n) is 3.13. The van der Waals surface area contributed by atoms with Crippen LogP contribution in [-0.2, 0) is 18.0 Å². The number of aromatic nitrogens is 2. The molecule has 2 heterocycles. The van der Waals surface area contributed by atoms with E-state index in [1.165, 1.54) is 12.1 Å². The van der Waals surface area contributed by atoms with Crippen molar-refractivity contribution in [3.05, 3.63) is 47.8 Å². The highest BCUT2D eigenvalue weighted by atomic mass is 19.4. The molecule has 1 aliphatic heterocycles. The van der Waals surface area contributed by atoms with Crippen LogP contribution in [0.1, 0.15) is 18.1 Å². The number of aryl methyl sites for hydroxylation is 1. The summed E-state index contributed by atoms with van der Waals surface area (Å²) in [5.74, 6) is 5.96. The van der Waals surface area contributed by atoms with Gasteiger partial charge in [-0.15, -0.1) is 0 Å². The van der Waals surface area contributed by atoms with Gasteiger partial charge in [-0.05, 0) is 25.1 Å². The molecule has 31 heavy (non-hydrogen) atoms. The Balaban J connectivity index is 1.65. The summed E-state index contributed by atoms with van der Waals surface area (Å²) >= 11 is 0. The van der Waals surface area contributed by atoms with Crippen LogP contribution in [0.5, 0.6) is 0 Å². The number of hydrogen-bond donors (Lipinski definition) is 1. The maximum Gasteiger partial charge on any atom is 0.416 e. The van der Waals surface area contributed by atoms with Crippen molar-refractivity contribution in [3.63, 3.8) is 0 Å². The van der Waals surface area contributed by atoms with Gasteiger partial charge < -0.3 is 15.1 Å². The van der Waals surface area contributed by atoms with Crippen molar-refractivity contribution in [3.8, 4) is 11.8 Å². The Morgan fingerprint density at radius 1 is 1.32 bits per heavy atom. The second-order valence-corrected chi connectivity index (χ2v) is 6.89. The second kappa shape index (κ2) is 9.55. The predicted octanol–water partition coefficient (Wildman–Crippen LogP) is 2.10. The first kappa shape index (κ1) is 22.2. The number of carbonyl (C=O) groups excluding carboxylic acids is 1. The number of aliphatic imine (C=N–C) groups is 1. The van der Waals surface area contributed by atoms with Gasteiger partial charge in [0.1, 0.15) is 13.1 Å². The van der Waals surface area contributed by atoms with Crippen LogP contribution in [0.3, 0.4) is 0 Å². The van der Waals surface area contributed by atoms with E-state index in [0.717, 1.165) is 17.8 Å². The topological polar surface area (TPSA) is 65.8 Å². The van der Waals surface area contributed by atoms with E-state index in [2.05, 4.69) is 27.2 Å². The molecule has 3 rings (SSSR count). The standard InChI is InChI=1S/C21H23F3N6O/c1-3-25-20(26-9-5-7-16-6-4-8-17(12-16)21(22,23)24)29-10-11-30(19(31)15-29)18-13-27-28(2)14-18/h4,6,8,12-14H,3,9-11,15H2,1-2H3,(H,25,26). The van der Waals surface area contributed by atoms with Gasteiger partial charge in [-0.3, -0.25) is 9.48 Å². The molecule has 164 valence electrons. The van der Waals surface area contributed by atoms with Crippen molar-refractivity contribution in [2.45, 2.75) is 13.1 Å². The number of piperazine rings is 1. The molecule has 0 aliphatic carbocycles. The second-order valence-electron chi connectivity index (χ2n) is 6.89. The summed E-state index contributed by atoms with van der Waals surface area (Å²) in [7, 11) is 1.79. The number of alkyl halides is 3. The van der Waals surface area contributed by atoms with Crippen molar-refractivity contribution in [2.75, 3.05) is 37.6 Å². The van der Waals surface area contributed by atoms with E-state index < -0.39 is 11.7 Å². The first-order valence-corrected chi connectivity index (χ1v) is 9.76. The molecule has 1 N–H and O–H groups in total. The van der Waals surface area contributed by atoms with Gasteiger partial charge in [0.05, 0.1) is 17.4 Å². The highest BCUT2D eigenvalue weighted by Crippen LogP contribution is 2.29. The lowest BCUT2D eigenvalue weighted by Crippen LogP contribution is -2.55. The van der Waals surface area contributed by atoms with Crippen LogP contribution < -0.4 is 10.2 Å². The molecular formula is C21H23F3N6O. The third-order valence-electron chi connectivity index (χ3n) is 4.59. The molecule has 0 radical (unpaired) electrons. The van der Waals surface area contributed by atoms with Crippen molar-refractivity contribution < 1.29 is 18.0 Å². The fraction of sp³-hybridized carbons (Fsp3) is 0.381. The average molecular weight is 432 g/mol. The van der Waals surface area contributed by atoms with Crippen LogP contribution in [0.15, 0.2) is 41.7 Å². The van der Waals surface area contributed by atoms with Gasteiger partial charge in [-0.2, -0.15) is 18.3 Å². The minimum absolute atomic E-state index is 0.0695. The van der Waals surface area contributed by atoms with Gasteiger partial charge in [0.25, 0.3) is 0 Å². The summed E-state index contributed by atoms with van der Waals surface area (Å²) in [4.78, 5) is 20.5. The molecule has 1 saturated heterocycles. The van der Waals surface area contributed by atoms with Crippen molar-refractivity contribution >= 4 is 17.6 Å². The zero-order valence-electron chi connectivity index (χ0n) is 17.3. The van der Waals surface area contributed by atoms with Crippen LogP contribution in [0.25, 0.3) is 0 Å². The first-order chi connectivity index (χ1) is 14.8. The Morgan fingerprint density at radius 2 is 2.13 bits per heavy atom.